The molecule has 0 aliphatic carbocycles. The first-order valence-corrected chi connectivity index (χ1v) is 12.5. The number of methoxy groups -OCH3 is 2. The molecule has 0 unspecified atom stereocenters. The summed E-state index contributed by atoms with van der Waals surface area (Å²) < 4.78 is 39.1. The number of fused-ring (bicyclic) bond motifs is 1. The van der Waals surface area contributed by atoms with E-state index in [0.717, 1.165) is 16.8 Å². The van der Waals surface area contributed by atoms with Gasteiger partial charge in [-0.15, -0.1) is 0 Å². The molecular formula is C26H28N2O5S. The molecule has 1 aliphatic rings. The highest BCUT2D eigenvalue weighted by atomic mass is 32.2. The van der Waals surface area contributed by atoms with Gasteiger partial charge in [0.1, 0.15) is 0 Å². The number of rotatable bonds is 8. The van der Waals surface area contributed by atoms with Crippen LogP contribution in [-0.2, 0) is 22.9 Å². The zero-order chi connectivity index (χ0) is 24.3. The minimum atomic E-state index is -3.70. The van der Waals surface area contributed by atoms with Crippen LogP contribution < -0.4 is 19.1 Å². The lowest BCUT2D eigenvalue weighted by Gasteiger charge is -2.23. The topological polar surface area (TPSA) is 84.9 Å². The number of sulfonamides is 1. The second kappa shape index (κ2) is 9.87. The minimum Gasteiger partial charge on any atom is -0.493 e. The van der Waals surface area contributed by atoms with E-state index in [1.807, 2.05) is 37.3 Å². The maximum Gasteiger partial charge on any atom is 0.258 e. The number of carbonyl (C=O) groups excluding carboxylic acids is 1. The Kier molecular flexibility index (Phi) is 6.90. The summed E-state index contributed by atoms with van der Waals surface area (Å²) in [6, 6.07) is 19.5. The van der Waals surface area contributed by atoms with Crippen molar-refractivity contribution >= 4 is 21.6 Å². The molecule has 178 valence electrons. The Morgan fingerprint density at radius 1 is 1.00 bits per heavy atom. The summed E-state index contributed by atoms with van der Waals surface area (Å²) in [7, 11) is -0.565. The van der Waals surface area contributed by atoms with E-state index < -0.39 is 10.0 Å². The van der Waals surface area contributed by atoms with E-state index in [4.69, 9.17) is 9.47 Å². The molecule has 0 aromatic heterocycles. The lowest BCUT2D eigenvalue weighted by Crippen LogP contribution is -2.35. The molecule has 8 heteroatoms. The molecule has 1 N–H and O–H groups in total. The summed E-state index contributed by atoms with van der Waals surface area (Å²) in [5.74, 6) is 1.14. The zero-order valence-electron chi connectivity index (χ0n) is 19.4. The van der Waals surface area contributed by atoms with Gasteiger partial charge in [-0.3, -0.25) is 4.79 Å². The predicted octanol–water partition coefficient (Wildman–Crippen LogP) is 3.82. The molecule has 1 amide bonds. The predicted molar refractivity (Wildman–Crippen MR) is 131 cm³/mol. The number of nitrogens with one attached hydrogen (secondary N) is 1. The second-order valence-electron chi connectivity index (χ2n) is 8.22. The van der Waals surface area contributed by atoms with E-state index in [2.05, 4.69) is 4.72 Å². The Hall–Kier alpha value is -3.36. The van der Waals surface area contributed by atoms with Crippen molar-refractivity contribution in [3.05, 3.63) is 83.4 Å². The van der Waals surface area contributed by atoms with Crippen molar-refractivity contribution in [2.24, 2.45) is 0 Å². The van der Waals surface area contributed by atoms with Crippen molar-refractivity contribution in [2.45, 2.75) is 30.7 Å². The number of anilines is 1. The second-order valence-corrected chi connectivity index (χ2v) is 9.99. The molecule has 0 bridgehead atoms. The van der Waals surface area contributed by atoms with Crippen molar-refractivity contribution in [1.29, 1.82) is 0 Å². The Morgan fingerprint density at radius 3 is 2.44 bits per heavy atom. The van der Waals surface area contributed by atoms with Crippen LogP contribution in [0.25, 0.3) is 0 Å². The van der Waals surface area contributed by atoms with E-state index >= 15 is 0 Å². The maximum absolute atomic E-state index is 13.0. The third kappa shape index (κ3) is 4.78. The number of hydrogen-bond acceptors (Lipinski definition) is 5. The molecule has 4 rings (SSSR count). The van der Waals surface area contributed by atoms with Crippen LogP contribution in [0.1, 0.15) is 28.4 Å². The SMILES string of the molecule is COc1ccc(CCNS(=O)(=O)c2ccc3c(c2)C[C@@H](C)N3C(=O)c2ccccc2)cc1OC. The van der Waals surface area contributed by atoms with Crippen LogP contribution in [-0.4, -0.2) is 41.1 Å². The van der Waals surface area contributed by atoms with E-state index in [9.17, 15) is 13.2 Å². The minimum absolute atomic E-state index is 0.0568. The van der Waals surface area contributed by atoms with Gasteiger partial charge in [0.25, 0.3) is 5.91 Å². The fourth-order valence-corrected chi connectivity index (χ4v) is 5.34. The van der Waals surface area contributed by atoms with Gasteiger partial charge in [-0.2, -0.15) is 0 Å². The molecule has 0 saturated heterocycles. The Labute approximate surface area is 200 Å². The van der Waals surface area contributed by atoms with Gasteiger partial charge < -0.3 is 14.4 Å². The van der Waals surface area contributed by atoms with Gasteiger partial charge in [0, 0.05) is 23.8 Å². The Bertz CT molecular complexity index is 1290. The van der Waals surface area contributed by atoms with Crippen LogP contribution in [0.2, 0.25) is 0 Å². The van der Waals surface area contributed by atoms with E-state index in [1.54, 1.807) is 55.5 Å². The molecule has 1 atom stereocenters. The van der Waals surface area contributed by atoms with Crippen LogP contribution in [0.5, 0.6) is 11.5 Å². The number of nitrogens with zero attached hydrogens (tertiary/aromatic N) is 1. The molecule has 0 saturated carbocycles. The van der Waals surface area contributed by atoms with Crippen molar-refractivity contribution in [2.75, 3.05) is 25.7 Å². The third-order valence-corrected chi connectivity index (χ3v) is 7.43. The Balaban J connectivity index is 1.47. The standard InChI is InChI=1S/C26H28N2O5S/c1-18-15-21-17-22(10-11-23(21)28(18)26(29)20-7-5-4-6-8-20)34(30,31)27-14-13-19-9-12-24(32-2)25(16-19)33-3/h4-12,16-18,27H,13-15H2,1-3H3/t18-/m1/s1. The van der Waals surface area contributed by atoms with Crippen molar-refractivity contribution < 1.29 is 22.7 Å². The molecule has 0 fully saturated rings. The van der Waals surface area contributed by atoms with Gasteiger partial charge in [0.15, 0.2) is 11.5 Å². The van der Waals surface area contributed by atoms with Crippen molar-refractivity contribution in [3.8, 4) is 11.5 Å². The summed E-state index contributed by atoms with van der Waals surface area (Å²) in [4.78, 5) is 15.0. The quantitative estimate of drug-likeness (QED) is 0.530. The number of hydrogen-bond donors (Lipinski definition) is 1. The largest absolute Gasteiger partial charge is 0.493 e. The van der Waals surface area contributed by atoms with Crippen LogP contribution in [0.3, 0.4) is 0 Å². The molecule has 0 radical (unpaired) electrons. The number of ether oxygens (including phenoxy) is 2. The van der Waals surface area contributed by atoms with Crippen molar-refractivity contribution in [3.63, 3.8) is 0 Å². The first-order valence-electron chi connectivity index (χ1n) is 11.1. The van der Waals surface area contributed by atoms with Gasteiger partial charge >= 0.3 is 0 Å². The van der Waals surface area contributed by atoms with Crippen LogP contribution >= 0.6 is 0 Å². The summed E-state index contributed by atoms with van der Waals surface area (Å²) in [6.45, 7) is 2.21. The number of amides is 1. The fraction of sp³-hybridized carbons (Fsp3) is 0.269. The lowest BCUT2D eigenvalue weighted by molar-refractivity contribution is 0.0981. The average molecular weight is 481 g/mol. The molecule has 34 heavy (non-hydrogen) atoms. The van der Waals surface area contributed by atoms with E-state index in [0.29, 0.717) is 29.9 Å². The maximum atomic E-state index is 13.0. The third-order valence-electron chi connectivity index (χ3n) is 5.97. The normalized spacial score (nSPS) is 15.1. The summed E-state index contributed by atoms with van der Waals surface area (Å²) in [5.41, 5.74) is 3.14. The molecule has 1 aliphatic heterocycles. The summed E-state index contributed by atoms with van der Waals surface area (Å²) in [6.07, 6.45) is 1.10. The molecule has 7 nitrogen and oxygen atoms in total. The molecule has 0 spiro atoms. The first kappa shape index (κ1) is 23.8. The first-order chi connectivity index (χ1) is 16.3. The monoisotopic (exact) mass is 480 g/mol. The zero-order valence-corrected chi connectivity index (χ0v) is 20.3. The van der Waals surface area contributed by atoms with Crippen LogP contribution in [0.4, 0.5) is 5.69 Å². The smallest absolute Gasteiger partial charge is 0.258 e. The highest BCUT2D eigenvalue weighted by Gasteiger charge is 2.32. The molecule has 3 aromatic rings. The van der Waals surface area contributed by atoms with Gasteiger partial charge in [-0.05, 0) is 73.4 Å². The van der Waals surface area contributed by atoms with E-state index in [1.165, 1.54) is 0 Å². The molecular weight excluding hydrogens is 452 g/mol. The number of benzene rings is 3. The molecule has 3 aromatic carbocycles. The molecule has 1 heterocycles. The van der Waals surface area contributed by atoms with Gasteiger partial charge in [0.2, 0.25) is 10.0 Å². The van der Waals surface area contributed by atoms with Crippen LogP contribution in [0, 0.1) is 0 Å². The lowest BCUT2D eigenvalue weighted by atomic mass is 10.1. The summed E-state index contributed by atoms with van der Waals surface area (Å²) in [5, 5.41) is 0. The van der Waals surface area contributed by atoms with Gasteiger partial charge in [0.05, 0.1) is 19.1 Å². The summed E-state index contributed by atoms with van der Waals surface area (Å²) >= 11 is 0. The highest BCUT2D eigenvalue weighted by molar-refractivity contribution is 7.89. The van der Waals surface area contributed by atoms with Crippen molar-refractivity contribution in [1.82, 2.24) is 4.72 Å². The van der Waals surface area contributed by atoms with Crippen LogP contribution in [0.15, 0.2) is 71.6 Å². The van der Waals surface area contributed by atoms with Gasteiger partial charge in [-0.25, -0.2) is 13.1 Å². The average Bonchev–Trinajstić information content (AvgIpc) is 3.18. The number of carbonyl (C=O) groups is 1. The van der Waals surface area contributed by atoms with Gasteiger partial charge in [-0.1, -0.05) is 24.3 Å². The fourth-order valence-electron chi connectivity index (χ4n) is 4.25. The highest BCUT2D eigenvalue weighted by Crippen LogP contribution is 2.35. The van der Waals surface area contributed by atoms with E-state index in [-0.39, 0.29) is 23.4 Å². The Morgan fingerprint density at radius 2 is 1.74 bits per heavy atom.